The molecule has 0 aliphatic carbocycles. The topological polar surface area (TPSA) is 72.9 Å². The number of hydrogen-bond donors (Lipinski definition) is 2. The first-order chi connectivity index (χ1) is 13.6. The van der Waals surface area contributed by atoms with E-state index < -0.39 is 5.97 Å². The van der Waals surface area contributed by atoms with E-state index in [2.05, 4.69) is 15.1 Å². The number of piperidine rings is 1. The highest BCUT2D eigenvalue weighted by Crippen LogP contribution is 2.29. The standard InChI is InChI=1S/C22H33N3O3/c1-2-3-8-21(26)23-18-9-10-20(19(14-18)22(27)28)25-13-6-7-17(16-25)15-24-11-4-5-12-24/h9-10,14,17H,2-8,11-13,15-16H2,1H3,(H,23,26)(H,27,28)/t17-/m1/s1. The first-order valence-electron chi connectivity index (χ1n) is 10.7. The van der Waals surface area contributed by atoms with Crippen molar-refractivity contribution >= 4 is 23.3 Å². The number of aromatic carboxylic acids is 1. The van der Waals surface area contributed by atoms with Crippen LogP contribution in [-0.2, 0) is 4.79 Å². The van der Waals surface area contributed by atoms with Crippen molar-refractivity contribution in [2.24, 2.45) is 5.92 Å². The molecule has 0 radical (unpaired) electrons. The van der Waals surface area contributed by atoms with Gasteiger partial charge in [0.25, 0.3) is 0 Å². The molecule has 0 spiro atoms. The molecule has 0 aromatic heterocycles. The average molecular weight is 388 g/mol. The van der Waals surface area contributed by atoms with Crippen LogP contribution < -0.4 is 10.2 Å². The third-order valence-electron chi connectivity index (χ3n) is 5.84. The molecule has 154 valence electrons. The second-order valence-electron chi connectivity index (χ2n) is 8.15. The summed E-state index contributed by atoms with van der Waals surface area (Å²) in [7, 11) is 0. The number of anilines is 2. The second kappa shape index (κ2) is 9.92. The summed E-state index contributed by atoms with van der Waals surface area (Å²) in [4.78, 5) is 28.6. The number of carboxylic acid groups (broad SMARTS) is 1. The number of likely N-dealkylation sites (tertiary alicyclic amines) is 1. The van der Waals surface area contributed by atoms with E-state index in [1.807, 2.05) is 19.1 Å². The molecule has 1 aromatic rings. The highest BCUT2D eigenvalue weighted by atomic mass is 16.4. The lowest BCUT2D eigenvalue weighted by molar-refractivity contribution is -0.116. The van der Waals surface area contributed by atoms with Crippen LogP contribution in [0.2, 0.25) is 0 Å². The van der Waals surface area contributed by atoms with E-state index in [1.54, 1.807) is 6.07 Å². The molecule has 2 fully saturated rings. The number of carboxylic acids is 1. The SMILES string of the molecule is CCCCC(=O)Nc1ccc(N2CCC[C@H](CN3CCCC3)C2)c(C(=O)O)c1. The van der Waals surface area contributed by atoms with Crippen LogP contribution in [-0.4, -0.2) is 54.6 Å². The van der Waals surface area contributed by atoms with Gasteiger partial charge in [-0.25, -0.2) is 4.79 Å². The van der Waals surface area contributed by atoms with E-state index in [0.29, 0.717) is 18.0 Å². The largest absolute Gasteiger partial charge is 0.478 e. The molecule has 6 heteroatoms. The molecule has 2 heterocycles. The van der Waals surface area contributed by atoms with Gasteiger partial charge in [-0.2, -0.15) is 0 Å². The third-order valence-corrected chi connectivity index (χ3v) is 5.84. The maximum absolute atomic E-state index is 12.0. The van der Waals surface area contributed by atoms with E-state index in [4.69, 9.17) is 0 Å². The van der Waals surface area contributed by atoms with Crippen LogP contribution >= 0.6 is 0 Å². The Labute approximate surface area is 167 Å². The number of rotatable bonds is 8. The van der Waals surface area contributed by atoms with Gasteiger partial charge in [0.2, 0.25) is 5.91 Å². The lowest BCUT2D eigenvalue weighted by Gasteiger charge is -2.36. The van der Waals surface area contributed by atoms with Gasteiger partial charge in [0.1, 0.15) is 0 Å². The molecule has 6 nitrogen and oxygen atoms in total. The lowest BCUT2D eigenvalue weighted by atomic mass is 9.96. The normalized spacial score (nSPS) is 20.3. The minimum atomic E-state index is -0.943. The summed E-state index contributed by atoms with van der Waals surface area (Å²) in [6, 6.07) is 5.29. The molecule has 2 N–H and O–H groups in total. The Kier molecular flexibility index (Phi) is 7.31. The van der Waals surface area contributed by atoms with Crippen LogP contribution in [0.3, 0.4) is 0 Å². The molecule has 28 heavy (non-hydrogen) atoms. The highest BCUT2D eigenvalue weighted by molar-refractivity contribution is 5.98. The second-order valence-corrected chi connectivity index (χ2v) is 8.15. The van der Waals surface area contributed by atoms with Gasteiger partial charge in [-0.3, -0.25) is 4.79 Å². The maximum atomic E-state index is 12.0. The Morgan fingerprint density at radius 3 is 2.68 bits per heavy atom. The zero-order valence-corrected chi connectivity index (χ0v) is 17.0. The lowest BCUT2D eigenvalue weighted by Crippen LogP contribution is -2.41. The van der Waals surface area contributed by atoms with Crippen molar-refractivity contribution in [2.75, 3.05) is 42.9 Å². The van der Waals surface area contributed by atoms with Gasteiger partial charge in [-0.05, 0) is 69.3 Å². The van der Waals surface area contributed by atoms with E-state index in [1.165, 1.54) is 32.4 Å². The third kappa shape index (κ3) is 5.47. The molecular weight excluding hydrogens is 354 g/mol. The smallest absolute Gasteiger partial charge is 0.337 e. The molecule has 1 amide bonds. The number of amides is 1. The minimum Gasteiger partial charge on any atom is -0.478 e. The van der Waals surface area contributed by atoms with Crippen molar-refractivity contribution in [3.63, 3.8) is 0 Å². The summed E-state index contributed by atoms with van der Waals surface area (Å²) in [5, 5.41) is 12.6. The number of carbonyl (C=O) groups excluding carboxylic acids is 1. The zero-order chi connectivity index (χ0) is 19.9. The quantitative estimate of drug-likeness (QED) is 0.709. The van der Waals surface area contributed by atoms with E-state index in [-0.39, 0.29) is 11.5 Å². The first kappa shape index (κ1) is 20.6. The van der Waals surface area contributed by atoms with E-state index in [0.717, 1.165) is 44.6 Å². The van der Waals surface area contributed by atoms with Gasteiger partial charge < -0.3 is 20.2 Å². The fourth-order valence-corrected chi connectivity index (χ4v) is 4.38. The number of unbranched alkanes of at least 4 members (excludes halogenated alkanes) is 1. The Balaban J connectivity index is 1.69. The van der Waals surface area contributed by atoms with Crippen molar-refractivity contribution < 1.29 is 14.7 Å². The molecular formula is C22H33N3O3. The maximum Gasteiger partial charge on any atom is 0.337 e. The van der Waals surface area contributed by atoms with Gasteiger partial charge in [-0.1, -0.05) is 13.3 Å². The monoisotopic (exact) mass is 387 g/mol. The Morgan fingerprint density at radius 1 is 1.18 bits per heavy atom. The van der Waals surface area contributed by atoms with Crippen molar-refractivity contribution in [3.05, 3.63) is 23.8 Å². The van der Waals surface area contributed by atoms with Crippen molar-refractivity contribution in [3.8, 4) is 0 Å². The summed E-state index contributed by atoms with van der Waals surface area (Å²) in [6.07, 6.45) is 7.15. The molecule has 2 aliphatic rings. The predicted octanol–water partition coefficient (Wildman–Crippen LogP) is 3.83. The molecule has 0 unspecified atom stereocenters. The summed E-state index contributed by atoms with van der Waals surface area (Å²) in [6.45, 7) is 7.34. The number of hydrogen-bond acceptors (Lipinski definition) is 4. The highest BCUT2D eigenvalue weighted by Gasteiger charge is 2.26. The molecule has 0 saturated carbocycles. The van der Waals surface area contributed by atoms with Crippen LogP contribution in [0.15, 0.2) is 18.2 Å². The summed E-state index contributed by atoms with van der Waals surface area (Å²) in [5.74, 6) is -0.419. The molecule has 1 aromatic carbocycles. The summed E-state index contributed by atoms with van der Waals surface area (Å²) in [5.41, 5.74) is 1.60. The van der Waals surface area contributed by atoms with Gasteiger partial charge in [-0.15, -0.1) is 0 Å². The minimum absolute atomic E-state index is 0.0606. The van der Waals surface area contributed by atoms with E-state index >= 15 is 0 Å². The van der Waals surface area contributed by atoms with Gasteiger partial charge in [0.15, 0.2) is 0 Å². The van der Waals surface area contributed by atoms with Crippen LogP contribution in [0.4, 0.5) is 11.4 Å². The number of nitrogens with one attached hydrogen (secondary N) is 1. The molecule has 0 bridgehead atoms. The van der Waals surface area contributed by atoms with Crippen LogP contribution in [0.25, 0.3) is 0 Å². The number of benzene rings is 1. The Morgan fingerprint density at radius 2 is 1.96 bits per heavy atom. The van der Waals surface area contributed by atoms with Gasteiger partial charge in [0, 0.05) is 31.7 Å². The zero-order valence-electron chi connectivity index (χ0n) is 17.0. The first-order valence-corrected chi connectivity index (χ1v) is 10.7. The van der Waals surface area contributed by atoms with Gasteiger partial charge in [0.05, 0.1) is 11.3 Å². The average Bonchev–Trinajstić information content (AvgIpc) is 3.19. The predicted molar refractivity (Wildman–Crippen MR) is 112 cm³/mol. The molecule has 1 atom stereocenters. The summed E-state index contributed by atoms with van der Waals surface area (Å²) < 4.78 is 0. The fourth-order valence-electron chi connectivity index (χ4n) is 4.38. The van der Waals surface area contributed by atoms with Crippen molar-refractivity contribution in [1.82, 2.24) is 4.90 Å². The summed E-state index contributed by atoms with van der Waals surface area (Å²) >= 11 is 0. The van der Waals surface area contributed by atoms with Crippen molar-refractivity contribution in [2.45, 2.75) is 51.9 Å². The van der Waals surface area contributed by atoms with Crippen LogP contribution in [0, 0.1) is 5.92 Å². The molecule has 2 aliphatic heterocycles. The number of carbonyl (C=O) groups is 2. The van der Waals surface area contributed by atoms with Crippen LogP contribution in [0.1, 0.15) is 62.2 Å². The van der Waals surface area contributed by atoms with Gasteiger partial charge >= 0.3 is 5.97 Å². The number of nitrogens with zero attached hydrogens (tertiary/aromatic N) is 2. The van der Waals surface area contributed by atoms with E-state index in [9.17, 15) is 14.7 Å². The van der Waals surface area contributed by atoms with Crippen LogP contribution in [0.5, 0.6) is 0 Å². The molecule has 3 rings (SSSR count). The van der Waals surface area contributed by atoms with Crippen molar-refractivity contribution in [1.29, 1.82) is 0 Å². The molecule has 2 saturated heterocycles. The fraction of sp³-hybridized carbons (Fsp3) is 0.636. The Bertz CT molecular complexity index is 686. The Hall–Kier alpha value is -2.08.